The van der Waals surface area contributed by atoms with Crippen molar-refractivity contribution in [2.45, 2.75) is 18.9 Å². The molecule has 1 aromatic carbocycles. The number of sulfonamides is 1. The Morgan fingerprint density at radius 2 is 2.12 bits per heavy atom. The van der Waals surface area contributed by atoms with E-state index >= 15 is 0 Å². The van der Waals surface area contributed by atoms with Gasteiger partial charge >= 0.3 is 0 Å². The Kier molecular flexibility index (Phi) is 3.29. The van der Waals surface area contributed by atoms with E-state index in [1.807, 2.05) is 0 Å². The Morgan fingerprint density at radius 1 is 1.44 bits per heavy atom. The minimum Gasteiger partial charge on any atom is -0.489 e. The van der Waals surface area contributed by atoms with Gasteiger partial charge in [-0.3, -0.25) is 4.72 Å². The molecule has 88 valence electrons. The monoisotopic (exact) mass is 353 g/mol. The van der Waals surface area contributed by atoms with Crippen LogP contribution in [-0.2, 0) is 10.0 Å². The van der Waals surface area contributed by atoms with Gasteiger partial charge in [0, 0.05) is 5.69 Å². The molecule has 1 saturated carbocycles. The minimum absolute atomic E-state index is 0.349. The summed E-state index contributed by atoms with van der Waals surface area (Å²) in [6, 6.07) is 5.27. The first-order valence-corrected chi connectivity index (χ1v) is 7.85. The number of benzene rings is 1. The maximum absolute atomic E-state index is 11.0. The van der Waals surface area contributed by atoms with Crippen molar-refractivity contribution in [3.05, 3.63) is 21.8 Å². The second-order valence-corrected chi connectivity index (χ2v) is 6.75. The summed E-state index contributed by atoms with van der Waals surface area (Å²) in [5.74, 6) is 0.821. The summed E-state index contributed by atoms with van der Waals surface area (Å²) in [6.07, 6.45) is 3.70. The molecule has 6 heteroatoms. The van der Waals surface area contributed by atoms with Crippen LogP contribution in [0.5, 0.6) is 5.75 Å². The van der Waals surface area contributed by atoms with Crippen LogP contribution in [0.1, 0.15) is 12.8 Å². The Bertz CT molecular complexity index is 497. The van der Waals surface area contributed by atoms with Crippen LogP contribution >= 0.6 is 22.6 Å². The van der Waals surface area contributed by atoms with Gasteiger partial charge in [-0.2, -0.15) is 0 Å². The Morgan fingerprint density at radius 3 is 2.62 bits per heavy atom. The second kappa shape index (κ2) is 4.40. The molecule has 0 bridgehead atoms. The number of rotatable bonds is 4. The molecular formula is C10H12INO3S. The first-order chi connectivity index (χ1) is 7.44. The summed E-state index contributed by atoms with van der Waals surface area (Å²) < 4.78 is 31.1. The number of hydrogen-bond donors (Lipinski definition) is 1. The zero-order chi connectivity index (χ0) is 11.8. The Balaban J connectivity index is 2.14. The lowest BCUT2D eigenvalue weighted by Crippen LogP contribution is -2.09. The van der Waals surface area contributed by atoms with Crippen LogP contribution in [0.2, 0.25) is 0 Å². The van der Waals surface area contributed by atoms with E-state index in [1.54, 1.807) is 18.2 Å². The SMILES string of the molecule is CS(=O)(=O)Nc1ccc(OC2CC2)c(I)c1. The minimum atomic E-state index is -3.21. The maximum atomic E-state index is 11.0. The summed E-state index contributed by atoms with van der Waals surface area (Å²) in [7, 11) is -3.21. The molecular weight excluding hydrogens is 341 g/mol. The summed E-state index contributed by atoms with van der Waals surface area (Å²) in [6.45, 7) is 0. The van der Waals surface area contributed by atoms with Crippen molar-refractivity contribution in [1.29, 1.82) is 0 Å². The molecule has 0 atom stereocenters. The number of nitrogens with one attached hydrogen (secondary N) is 1. The third-order valence-electron chi connectivity index (χ3n) is 2.05. The topological polar surface area (TPSA) is 55.4 Å². The lowest BCUT2D eigenvalue weighted by molar-refractivity contribution is 0.301. The van der Waals surface area contributed by atoms with Gasteiger partial charge in [0.25, 0.3) is 0 Å². The van der Waals surface area contributed by atoms with Crippen molar-refractivity contribution in [1.82, 2.24) is 0 Å². The quantitative estimate of drug-likeness (QED) is 0.845. The first-order valence-electron chi connectivity index (χ1n) is 4.88. The molecule has 0 saturated heterocycles. The third-order valence-corrected chi connectivity index (χ3v) is 3.50. The van der Waals surface area contributed by atoms with Crippen molar-refractivity contribution < 1.29 is 13.2 Å². The predicted octanol–water partition coefficient (Wildman–Crippen LogP) is 2.20. The fraction of sp³-hybridized carbons (Fsp3) is 0.400. The molecule has 1 aliphatic carbocycles. The van der Waals surface area contributed by atoms with Gasteiger partial charge in [0.15, 0.2) is 0 Å². The molecule has 0 unspecified atom stereocenters. The summed E-state index contributed by atoms with van der Waals surface area (Å²) >= 11 is 2.14. The van der Waals surface area contributed by atoms with Gasteiger partial charge in [0.2, 0.25) is 10.0 Å². The summed E-state index contributed by atoms with van der Waals surface area (Å²) in [5, 5.41) is 0. The van der Waals surface area contributed by atoms with Crippen molar-refractivity contribution in [2.24, 2.45) is 0 Å². The van der Waals surface area contributed by atoms with E-state index in [1.165, 1.54) is 0 Å². The molecule has 4 nitrogen and oxygen atoms in total. The van der Waals surface area contributed by atoms with E-state index in [4.69, 9.17) is 4.74 Å². The number of hydrogen-bond acceptors (Lipinski definition) is 3. The molecule has 0 spiro atoms. The highest BCUT2D eigenvalue weighted by Gasteiger charge is 2.24. The van der Waals surface area contributed by atoms with Gasteiger partial charge in [-0.15, -0.1) is 0 Å². The van der Waals surface area contributed by atoms with Gasteiger partial charge in [-0.05, 0) is 53.6 Å². The highest BCUT2D eigenvalue weighted by molar-refractivity contribution is 14.1. The van der Waals surface area contributed by atoms with Crippen molar-refractivity contribution >= 4 is 38.3 Å². The third kappa shape index (κ3) is 3.51. The normalized spacial score (nSPS) is 15.9. The first kappa shape index (κ1) is 12.0. The molecule has 0 heterocycles. The zero-order valence-corrected chi connectivity index (χ0v) is 11.7. The van der Waals surface area contributed by atoms with Crippen LogP contribution in [0.3, 0.4) is 0 Å². The summed E-state index contributed by atoms with van der Waals surface area (Å²) in [5.41, 5.74) is 0.565. The molecule has 0 aromatic heterocycles. The van der Waals surface area contributed by atoms with Gasteiger partial charge < -0.3 is 4.74 Å². The van der Waals surface area contributed by atoms with Crippen molar-refractivity contribution in [3.63, 3.8) is 0 Å². The maximum Gasteiger partial charge on any atom is 0.229 e. The van der Waals surface area contributed by atoms with Gasteiger partial charge in [0.1, 0.15) is 5.75 Å². The van der Waals surface area contributed by atoms with Crippen molar-refractivity contribution in [2.75, 3.05) is 11.0 Å². The lowest BCUT2D eigenvalue weighted by Gasteiger charge is -2.09. The Hall–Kier alpha value is -0.500. The van der Waals surface area contributed by atoms with Crippen LogP contribution in [0.25, 0.3) is 0 Å². The van der Waals surface area contributed by atoms with E-state index in [0.717, 1.165) is 28.4 Å². The summed E-state index contributed by atoms with van der Waals surface area (Å²) in [4.78, 5) is 0. The van der Waals surface area contributed by atoms with E-state index in [-0.39, 0.29) is 0 Å². The number of anilines is 1. The highest BCUT2D eigenvalue weighted by Crippen LogP contribution is 2.31. The highest BCUT2D eigenvalue weighted by atomic mass is 127. The smallest absolute Gasteiger partial charge is 0.229 e. The Labute approximate surface area is 109 Å². The van der Waals surface area contributed by atoms with Gasteiger partial charge in [0.05, 0.1) is 15.9 Å². The van der Waals surface area contributed by atoms with Crippen LogP contribution in [0.15, 0.2) is 18.2 Å². The van der Waals surface area contributed by atoms with Crippen LogP contribution in [0, 0.1) is 3.57 Å². The fourth-order valence-electron chi connectivity index (χ4n) is 1.24. The van der Waals surface area contributed by atoms with Crippen molar-refractivity contribution in [3.8, 4) is 5.75 Å². The zero-order valence-electron chi connectivity index (χ0n) is 8.73. The average molecular weight is 353 g/mol. The number of halogens is 1. The number of ether oxygens (including phenoxy) is 1. The van der Waals surface area contributed by atoms with E-state index in [0.29, 0.717) is 11.8 Å². The molecule has 0 aliphatic heterocycles. The molecule has 1 aliphatic rings. The molecule has 1 fully saturated rings. The lowest BCUT2D eigenvalue weighted by atomic mass is 10.3. The van der Waals surface area contributed by atoms with Crippen LogP contribution in [0.4, 0.5) is 5.69 Å². The van der Waals surface area contributed by atoms with E-state index < -0.39 is 10.0 Å². The molecule has 0 radical (unpaired) electrons. The molecule has 16 heavy (non-hydrogen) atoms. The fourth-order valence-corrected chi connectivity index (χ4v) is 2.44. The molecule has 0 amide bonds. The molecule has 1 N–H and O–H groups in total. The van der Waals surface area contributed by atoms with E-state index in [2.05, 4.69) is 27.3 Å². The average Bonchev–Trinajstić information content (AvgIpc) is 2.90. The second-order valence-electron chi connectivity index (χ2n) is 3.84. The van der Waals surface area contributed by atoms with Crippen LogP contribution in [-0.4, -0.2) is 20.8 Å². The van der Waals surface area contributed by atoms with Crippen LogP contribution < -0.4 is 9.46 Å². The largest absolute Gasteiger partial charge is 0.489 e. The van der Waals surface area contributed by atoms with E-state index in [9.17, 15) is 8.42 Å². The van der Waals surface area contributed by atoms with Gasteiger partial charge in [-0.1, -0.05) is 0 Å². The molecule has 2 rings (SSSR count). The molecule has 1 aromatic rings. The standard InChI is InChI=1S/C10H12INO3S/c1-16(13,14)12-7-2-5-10(9(11)6-7)15-8-3-4-8/h2,5-6,8,12H,3-4H2,1H3. The van der Waals surface area contributed by atoms with Gasteiger partial charge in [-0.25, -0.2) is 8.42 Å². The predicted molar refractivity (Wildman–Crippen MR) is 71.3 cm³/mol.